The van der Waals surface area contributed by atoms with Crippen LogP contribution in [0, 0.1) is 22.7 Å². The maximum atomic E-state index is 12.2. The van der Waals surface area contributed by atoms with E-state index >= 15 is 0 Å². The highest BCUT2D eigenvalue weighted by atomic mass is 35.5. The summed E-state index contributed by atoms with van der Waals surface area (Å²) >= 11 is 18.4. The average molecular weight is 409 g/mol. The van der Waals surface area contributed by atoms with E-state index in [-0.39, 0.29) is 38.3 Å². The lowest BCUT2D eigenvalue weighted by atomic mass is 10.0. The first-order chi connectivity index (χ1) is 12.4. The Bertz CT molecular complexity index is 918. The summed E-state index contributed by atoms with van der Waals surface area (Å²) in [6, 6.07) is 12.1. The number of hydrogen-bond acceptors (Lipinski definition) is 5. The van der Waals surface area contributed by atoms with Crippen molar-refractivity contribution in [2.75, 3.05) is 12.4 Å². The van der Waals surface area contributed by atoms with Gasteiger partial charge in [0.1, 0.15) is 18.2 Å². The number of nitrogens with one attached hydrogen (secondary N) is 1. The van der Waals surface area contributed by atoms with Gasteiger partial charge in [-0.1, -0.05) is 65.1 Å². The third-order valence-electron chi connectivity index (χ3n) is 3.63. The molecule has 0 spiro atoms. The number of methoxy groups -OCH3 is 1. The molecule has 5 nitrogen and oxygen atoms in total. The minimum Gasteiger partial charge on any atom is -0.467 e. The smallest absolute Gasteiger partial charge is 0.328 e. The van der Waals surface area contributed by atoms with Crippen LogP contribution >= 0.6 is 34.8 Å². The van der Waals surface area contributed by atoms with Crippen LogP contribution in [0.3, 0.4) is 0 Å². The number of hydrogen-bond donors (Lipinski definition) is 1. The van der Waals surface area contributed by atoms with Crippen LogP contribution in [0.1, 0.15) is 16.7 Å². The first-order valence-corrected chi connectivity index (χ1v) is 8.46. The number of ether oxygens (including phenoxy) is 1. The lowest BCUT2D eigenvalue weighted by Gasteiger charge is -2.21. The predicted molar refractivity (Wildman–Crippen MR) is 100 cm³/mol. The minimum atomic E-state index is -0.841. The largest absolute Gasteiger partial charge is 0.467 e. The number of carbonyl (C=O) groups is 1. The standard InChI is InChI=1S/C18H12Cl3N3O2/c1-26-18(25)13(7-10-5-3-2-4-6-10)24-17-12(9-23)14(19)11(8-22)15(20)16(17)21/h2-6,13,24H,7H2,1H3/t13-/m0/s1. The second kappa shape index (κ2) is 8.78. The summed E-state index contributed by atoms with van der Waals surface area (Å²) in [7, 11) is 1.26. The summed E-state index contributed by atoms with van der Waals surface area (Å²) in [6.07, 6.45) is 0.282. The molecule has 2 rings (SSSR count). The van der Waals surface area contributed by atoms with Crippen LogP contribution < -0.4 is 5.32 Å². The van der Waals surface area contributed by atoms with E-state index in [4.69, 9.17) is 44.8 Å². The van der Waals surface area contributed by atoms with E-state index in [1.807, 2.05) is 42.5 Å². The Morgan fingerprint density at radius 3 is 2.23 bits per heavy atom. The van der Waals surface area contributed by atoms with Gasteiger partial charge in [-0.3, -0.25) is 0 Å². The van der Waals surface area contributed by atoms with Gasteiger partial charge in [0.25, 0.3) is 0 Å². The lowest BCUT2D eigenvalue weighted by Crippen LogP contribution is -2.33. The van der Waals surface area contributed by atoms with Crippen molar-refractivity contribution in [3.8, 4) is 12.1 Å². The number of nitrogens with zero attached hydrogens (tertiary/aromatic N) is 2. The molecule has 0 saturated carbocycles. The molecule has 0 saturated heterocycles. The molecular formula is C18H12Cl3N3O2. The van der Waals surface area contributed by atoms with Crippen LogP contribution in [0.4, 0.5) is 5.69 Å². The van der Waals surface area contributed by atoms with Gasteiger partial charge in [0, 0.05) is 6.42 Å². The number of halogens is 3. The van der Waals surface area contributed by atoms with Gasteiger partial charge < -0.3 is 10.1 Å². The number of benzene rings is 2. The molecule has 0 aliphatic heterocycles. The highest BCUT2D eigenvalue weighted by molar-refractivity contribution is 6.46. The molecule has 0 radical (unpaired) electrons. The second-order valence-electron chi connectivity index (χ2n) is 5.20. The normalized spacial score (nSPS) is 11.2. The molecule has 0 bridgehead atoms. The van der Waals surface area contributed by atoms with Crippen LogP contribution in [0.25, 0.3) is 0 Å². The molecule has 0 aliphatic carbocycles. The van der Waals surface area contributed by atoms with E-state index < -0.39 is 12.0 Å². The maximum absolute atomic E-state index is 12.2. The Balaban J connectivity index is 2.50. The average Bonchev–Trinajstić information content (AvgIpc) is 2.66. The molecule has 8 heteroatoms. The second-order valence-corrected chi connectivity index (χ2v) is 6.33. The summed E-state index contributed by atoms with van der Waals surface area (Å²) in [5.74, 6) is -0.551. The number of rotatable bonds is 5. The number of esters is 1. The van der Waals surface area contributed by atoms with E-state index in [0.717, 1.165) is 5.56 Å². The molecule has 0 aromatic heterocycles. The topological polar surface area (TPSA) is 85.9 Å². The first-order valence-electron chi connectivity index (χ1n) is 7.33. The zero-order valence-corrected chi connectivity index (χ0v) is 15.8. The van der Waals surface area contributed by atoms with Crippen molar-refractivity contribution in [3.63, 3.8) is 0 Å². The molecule has 0 heterocycles. The van der Waals surface area contributed by atoms with Crippen LogP contribution in [-0.4, -0.2) is 19.1 Å². The van der Waals surface area contributed by atoms with Crippen LogP contribution in [0.15, 0.2) is 30.3 Å². The Hall–Kier alpha value is -2.44. The van der Waals surface area contributed by atoms with Gasteiger partial charge in [-0.25, -0.2) is 4.79 Å². The van der Waals surface area contributed by atoms with Crippen molar-refractivity contribution in [2.45, 2.75) is 12.5 Å². The molecule has 0 unspecified atom stereocenters. The molecular weight excluding hydrogens is 397 g/mol. The van der Waals surface area contributed by atoms with E-state index in [9.17, 15) is 10.1 Å². The third kappa shape index (κ3) is 4.03. The third-order valence-corrected chi connectivity index (χ3v) is 4.86. The van der Waals surface area contributed by atoms with Crippen molar-refractivity contribution >= 4 is 46.5 Å². The molecule has 2 aromatic carbocycles. The number of anilines is 1. The minimum absolute atomic E-state index is 0.0638. The Morgan fingerprint density at radius 2 is 1.69 bits per heavy atom. The Morgan fingerprint density at radius 1 is 1.08 bits per heavy atom. The summed E-state index contributed by atoms with van der Waals surface area (Å²) in [4.78, 5) is 12.2. The maximum Gasteiger partial charge on any atom is 0.328 e. The predicted octanol–water partition coefficient (Wildman–Crippen LogP) is 4.59. The van der Waals surface area contributed by atoms with E-state index in [1.54, 1.807) is 0 Å². The zero-order valence-electron chi connectivity index (χ0n) is 13.5. The van der Waals surface area contributed by atoms with Gasteiger partial charge in [-0.2, -0.15) is 10.5 Å². The van der Waals surface area contributed by atoms with Crippen molar-refractivity contribution in [1.29, 1.82) is 10.5 Å². The molecule has 0 aliphatic rings. The van der Waals surface area contributed by atoms with Gasteiger partial charge in [-0.15, -0.1) is 0 Å². The van der Waals surface area contributed by atoms with Gasteiger partial charge >= 0.3 is 5.97 Å². The highest BCUT2D eigenvalue weighted by Crippen LogP contribution is 2.41. The van der Waals surface area contributed by atoms with Crippen molar-refractivity contribution < 1.29 is 9.53 Å². The molecule has 0 fully saturated rings. The quantitative estimate of drug-likeness (QED) is 0.578. The van der Waals surface area contributed by atoms with Gasteiger partial charge in [0.05, 0.1) is 39.0 Å². The molecule has 0 amide bonds. The fraction of sp³-hybridized carbons (Fsp3) is 0.167. The van der Waals surface area contributed by atoms with Crippen LogP contribution in [0.5, 0.6) is 0 Å². The van der Waals surface area contributed by atoms with Crippen molar-refractivity contribution in [2.24, 2.45) is 0 Å². The fourth-order valence-corrected chi connectivity index (χ4v) is 3.16. The number of carbonyl (C=O) groups excluding carboxylic acids is 1. The van der Waals surface area contributed by atoms with E-state index in [2.05, 4.69) is 5.32 Å². The van der Waals surface area contributed by atoms with Gasteiger partial charge in [0.15, 0.2) is 0 Å². The highest BCUT2D eigenvalue weighted by Gasteiger charge is 2.26. The monoisotopic (exact) mass is 407 g/mol. The Labute approximate surface area is 165 Å². The van der Waals surface area contributed by atoms with E-state index in [1.165, 1.54) is 7.11 Å². The fourth-order valence-electron chi connectivity index (χ4n) is 2.36. The summed E-state index contributed by atoms with van der Waals surface area (Å²) in [5, 5.41) is 21.2. The van der Waals surface area contributed by atoms with E-state index in [0.29, 0.717) is 0 Å². The van der Waals surface area contributed by atoms with Gasteiger partial charge in [-0.05, 0) is 5.56 Å². The lowest BCUT2D eigenvalue weighted by molar-refractivity contribution is -0.141. The van der Waals surface area contributed by atoms with Crippen molar-refractivity contribution in [1.82, 2.24) is 0 Å². The van der Waals surface area contributed by atoms with Crippen molar-refractivity contribution in [3.05, 3.63) is 62.1 Å². The molecule has 1 atom stereocenters. The SMILES string of the molecule is COC(=O)[C@H](Cc1ccccc1)Nc1c(Cl)c(Cl)c(C#N)c(Cl)c1C#N. The van der Waals surface area contributed by atoms with Gasteiger partial charge in [0.2, 0.25) is 0 Å². The van der Waals surface area contributed by atoms with Crippen LogP contribution in [-0.2, 0) is 16.0 Å². The summed E-state index contributed by atoms with van der Waals surface area (Å²) in [5.41, 5.74) is 0.781. The molecule has 132 valence electrons. The summed E-state index contributed by atoms with van der Waals surface area (Å²) in [6.45, 7) is 0. The first kappa shape index (κ1) is 19.9. The Kier molecular flexibility index (Phi) is 6.71. The summed E-state index contributed by atoms with van der Waals surface area (Å²) < 4.78 is 4.83. The number of nitriles is 2. The zero-order chi connectivity index (χ0) is 19.3. The molecule has 2 aromatic rings. The molecule has 1 N–H and O–H groups in total. The van der Waals surface area contributed by atoms with Crippen LogP contribution in [0.2, 0.25) is 15.1 Å². The molecule has 26 heavy (non-hydrogen) atoms.